The molecule has 0 bridgehead atoms. The summed E-state index contributed by atoms with van der Waals surface area (Å²) in [5, 5.41) is 0. The summed E-state index contributed by atoms with van der Waals surface area (Å²) >= 11 is 0. The Morgan fingerprint density at radius 1 is 1.40 bits per heavy atom. The lowest BCUT2D eigenvalue weighted by molar-refractivity contribution is 0.495. The van der Waals surface area contributed by atoms with Gasteiger partial charge in [-0.3, -0.25) is 4.79 Å². The number of nitrogens with zero attached hydrogens (tertiary/aromatic N) is 1. The number of aromatic nitrogens is 1. The van der Waals surface area contributed by atoms with Gasteiger partial charge in [-0.15, -0.1) is 0 Å². The highest BCUT2D eigenvalue weighted by Crippen LogP contribution is 2.07. The van der Waals surface area contributed by atoms with E-state index in [2.05, 4.69) is 20.8 Å². The van der Waals surface area contributed by atoms with Crippen molar-refractivity contribution in [1.82, 2.24) is 4.57 Å². The number of nitrogen functional groups attached to an aromatic ring is 1. The molecule has 0 saturated heterocycles. The topological polar surface area (TPSA) is 48.0 Å². The first-order valence-corrected chi connectivity index (χ1v) is 5.54. The van der Waals surface area contributed by atoms with Crippen LogP contribution in [0.2, 0.25) is 0 Å². The summed E-state index contributed by atoms with van der Waals surface area (Å²) in [5.41, 5.74) is 7.01. The van der Waals surface area contributed by atoms with E-state index in [1.165, 1.54) is 0 Å². The van der Waals surface area contributed by atoms with Crippen molar-refractivity contribution in [3.05, 3.63) is 28.2 Å². The molecular weight excluding hydrogens is 188 g/mol. The number of anilines is 1. The second-order valence-corrected chi connectivity index (χ2v) is 4.34. The largest absolute Gasteiger partial charge is 0.394 e. The summed E-state index contributed by atoms with van der Waals surface area (Å²) < 4.78 is 1.81. The number of pyridine rings is 1. The molecule has 0 amide bonds. The van der Waals surface area contributed by atoms with Crippen molar-refractivity contribution >= 4 is 5.69 Å². The molecule has 2 N–H and O–H groups in total. The van der Waals surface area contributed by atoms with Gasteiger partial charge in [0.25, 0.3) is 5.56 Å². The first-order chi connectivity index (χ1) is 7.06. The number of rotatable bonds is 4. The van der Waals surface area contributed by atoms with Gasteiger partial charge in [0.05, 0.1) is 5.69 Å². The van der Waals surface area contributed by atoms with Crippen LogP contribution in [0.1, 0.15) is 32.9 Å². The van der Waals surface area contributed by atoms with E-state index >= 15 is 0 Å². The van der Waals surface area contributed by atoms with Gasteiger partial charge < -0.3 is 10.3 Å². The fourth-order valence-electron chi connectivity index (χ4n) is 1.67. The predicted molar refractivity (Wildman–Crippen MR) is 63.9 cm³/mol. The van der Waals surface area contributed by atoms with Crippen molar-refractivity contribution < 1.29 is 0 Å². The van der Waals surface area contributed by atoms with Crippen LogP contribution in [-0.2, 0) is 13.0 Å². The zero-order valence-corrected chi connectivity index (χ0v) is 9.79. The average Bonchev–Trinajstić information content (AvgIpc) is 2.17. The van der Waals surface area contributed by atoms with Crippen molar-refractivity contribution in [3.63, 3.8) is 0 Å². The first-order valence-electron chi connectivity index (χ1n) is 5.54. The van der Waals surface area contributed by atoms with Gasteiger partial charge in [0.15, 0.2) is 0 Å². The van der Waals surface area contributed by atoms with E-state index in [1.807, 2.05) is 10.6 Å². The molecule has 0 radical (unpaired) electrons. The Morgan fingerprint density at radius 2 is 2.07 bits per heavy atom. The van der Waals surface area contributed by atoms with Gasteiger partial charge in [0.1, 0.15) is 0 Å². The number of aryl methyl sites for hydroxylation is 1. The van der Waals surface area contributed by atoms with Crippen LogP contribution in [0.25, 0.3) is 0 Å². The van der Waals surface area contributed by atoms with Crippen LogP contribution in [0.15, 0.2) is 16.9 Å². The van der Waals surface area contributed by atoms with E-state index in [0.717, 1.165) is 25.1 Å². The minimum absolute atomic E-state index is 0.0466. The van der Waals surface area contributed by atoms with E-state index in [1.54, 1.807) is 6.07 Å². The van der Waals surface area contributed by atoms with Crippen LogP contribution in [0, 0.1) is 5.92 Å². The first kappa shape index (κ1) is 11.8. The van der Waals surface area contributed by atoms with Crippen molar-refractivity contribution in [2.75, 3.05) is 5.73 Å². The molecule has 0 aliphatic heterocycles. The molecule has 0 aliphatic carbocycles. The Hall–Kier alpha value is -1.25. The lowest BCUT2D eigenvalue weighted by Gasteiger charge is -2.14. The Bertz CT molecular complexity index is 380. The highest BCUT2D eigenvalue weighted by Gasteiger charge is 2.07. The molecule has 3 heteroatoms. The molecule has 3 nitrogen and oxygen atoms in total. The third-order valence-electron chi connectivity index (χ3n) is 2.35. The quantitative estimate of drug-likeness (QED) is 0.823. The highest BCUT2D eigenvalue weighted by atomic mass is 16.1. The molecule has 1 heterocycles. The molecule has 0 fully saturated rings. The Morgan fingerprint density at radius 3 is 2.60 bits per heavy atom. The molecule has 84 valence electrons. The molecule has 0 aliphatic rings. The maximum Gasteiger partial charge on any atom is 0.273 e. The molecule has 1 aromatic rings. The van der Waals surface area contributed by atoms with Crippen molar-refractivity contribution in [2.24, 2.45) is 5.92 Å². The lowest BCUT2D eigenvalue weighted by atomic mass is 10.1. The van der Waals surface area contributed by atoms with Gasteiger partial charge in [-0.05, 0) is 24.5 Å². The second kappa shape index (κ2) is 5.01. The smallest absolute Gasteiger partial charge is 0.273 e. The van der Waals surface area contributed by atoms with Crippen LogP contribution in [-0.4, -0.2) is 4.57 Å². The highest BCUT2D eigenvalue weighted by molar-refractivity contribution is 5.35. The van der Waals surface area contributed by atoms with E-state index in [0.29, 0.717) is 11.6 Å². The average molecular weight is 208 g/mol. The summed E-state index contributed by atoms with van der Waals surface area (Å²) in [5.74, 6) is 0.458. The lowest BCUT2D eigenvalue weighted by Crippen LogP contribution is -2.27. The molecular formula is C12H20N2O. The molecule has 0 atom stereocenters. The SMILES string of the molecule is CCCc1ccc(N)c(=O)n1CC(C)C. The number of hydrogen-bond donors (Lipinski definition) is 1. The summed E-state index contributed by atoms with van der Waals surface area (Å²) in [7, 11) is 0. The van der Waals surface area contributed by atoms with E-state index in [9.17, 15) is 4.79 Å². The van der Waals surface area contributed by atoms with Gasteiger partial charge in [-0.1, -0.05) is 27.2 Å². The van der Waals surface area contributed by atoms with Crippen LogP contribution >= 0.6 is 0 Å². The standard InChI is InChI=1S/C12H20N2O/c1-4-5-10-6-7-11(13)12(15)14(10)8-9(2)3/h6-7,9H,4-5,8,13H2,1-3H3. The molecule has 0 aromatic carbocycles. The molecule has 0 spiro atoms. The van der Waals surface area contributed by atoms with E-state index < -0.39 is 0 Å². The summed E-state index contributed by atoms with van der Waals surface area (Å²) in [6, 6.07) is 3.67. The van der Waals surface area contributed by atoms with Gasteiger partial charge in [-0.25, -0.2) is 0 Å². The third kappa shape index (κ3) is 2.85. The Labute approximate surface area is 90.9 Å². The monoisotopic (exact) mass is 208 g/mol. The Kier molecular flexibility index (Phi) is 3.95. The molecule has 1 aromatic heterocycles. The van der Waals surface area contributed by atoms with Crippen LogP contribution < -0.4 is 11.3 Å². The normalized spacial score (nSPS) is 10.9. The summed E-state index contributed by atoms with van der Waals surface area (Å²) in [6.07, 6.45) is 1.98. The summed E-state index contributed by atoms with van der Waals surface area (Å²) in [6.45, 7) is 7.07. The zero-order valence-electron chi connectivity index (χ0n) is 9.79. The van der Waals surface area contributed by atoms with E-state index in [-0.39, 0.29) is 5.56 Å². The fraction of sp³-hybridized carbons (Fsp3) is 0.583. The Balaban J connectivity index is 3.16. The van der Waals surface area contributed by atoms with Crippen molar-refractivity contribution in [1.29, 1.82) is 0 Å². The van der Waals surface area contributed by atoms with Crippen molar-refractivity contribution in [3.8, 4) is 0 Å². The van der Waals surface area contributed by atoms with Gasteiger partial charge in [0, 0.05) is 12.2 Å². The number of nitrogens with two attached hydrogens (primary N) is 1. The van der Waals surface area contributed by atoms with E-state index in [4.69, 9.17) is 5.73 Å². The van der Waals surface area contributed by atoms with Crippen LogP contribution in [0.5, 0.6) is 0 Å². The summed E-state index contributed by atoms with van der Waals surface area (Å²) in [4.78, 5) is 11.8. The minimum Gasteiger partial charge on any atom is -0.394 e. The van der Waals surface area contributed by atoms with Crippen molar-refractivity contribution in [2.45, 2.75) is 40.2 Å². The molecule has 0 unspecified atom stereocenters. The fourth-order valence-corrected chi connectivity index (χ4v) is 1.67. The maximum atomic E-state index is 11.8. The third-order valence-corrected chi connectivity index (χ3v) is 2.35. The predicted octanol–water partition coefficient (Wildman–Crippen LogP) is 2.04. The van der Waals surface area contributed by atoms with Crippen LogP contribution in [0.3, 0.4) is 0 Å². The molecule has 15 heavy (non-hydrogen) atoms. The minimum atomic E-state index is -0.0466. The molecule has 1 rings (SSSR count). The zero-order chi connectivity index (χ0) is 11.4. The maximum absolute atomic E-state index is 11.8. The van der Waals surface area contributed by atoms with Gasteiger partial charge in [-0.2, -0.15) is 0 Å². The molecule has 0 saturated carbocycles. The van der Waals surface area contributed by atoms with Gasteiger partial charge >= 0.3 is 0 Å². The number of hydrogen-bond acceptors (Lipinski definition) is 2. The van der Waals surface area contributed by atoms with Gasteiger partial charge in [0.2, 0.25) is 0 Å². The second-order valence-electron chi connectivity index (χ2n) is 4.34. The van der Waals surface area contributed by atoms with Crippen LogP contribution in [0.4, 0.5) is 5.69 Å².